The van der Waals surface area contributed by atoms with Crippen molar-refractivity contribution in [2.75, 3.05) is 19.4 Å². The lowest BCUT2D eigenvalue weighted by Crippen LogP contribution is -2.36. The fourth-order valence-corrected chi connectivity index (χ4v) is 2.13. The van der Waals surface area contributed by atoms with Crippen molar-refractivity contribution in [1.82, 2.24) is 5.32 Å². The molecule has 5 nitrogen and oxygen atoms in total. The summed E-state index contributed by atoms with van der Waals surface area (Å²) in [5.41, 5.74) is 2.04. The van der Waals surface area contributed by atoms with Crippen LogP contribution in [-0.4, -0.2) is 41.1 Å². The van der Waals surface area contributed by atoms with Crippen LogP contribution < -0.4 is 10.1 Å². The Bertz CT molecular complexity index is 546. The van der Waals surface area contributed by atoms with Gasteiger partial charge >= 0.3 is 5.97 Å². The molecule has 0 aliphatic carbocycles. The van der Waals surface area contributed by atoms with Crippen LogP contribution in [0.3, 0.4) is 0 Å². The maximum atomic E-state index is 12.2. The first-order valence-electron chi connectivity index (χ1n) is 6.95. The molecule has 0 radical (unpaired) electrons. The highest BCUT2D eigenvalue weighted by molar-refractivity contribution is 7.99. The molecule has 2 N–H and O–H groups in total. The van der Waals surface area contributed by atoms with Crippen molar-refractivity contribution < 1.29 is 19.4 Å². The largest absolute Gasteiger partial charge is 0.481 e. The van der Waals surface area contributed by atoms with E-state index in [1.54, 1.807) is 37.7 Å². The summed E-state index contributed by atoms with van der Waals surface area (Å²) in [4.78, 5) is 22.8. The first-order valence-corrected chi connectivity index (χ1v) is 8.18. The number of hydrogen-bond acceptors (Lipinski definition) is 4. The Morgan fingerprint density at radius 1 is 1.27 bits per heavy atom. The van der Waals surface area contributed by atoms with Gasteiger partial charge in [0.25, 0.3) is 5.91 Å². The average molecular weight is 325 g/mol. The summed E-state index contributed by atoms with van der Waals surface area (Å²) in [5, 5.41) is 11.6. The topological polar surface area (TPSA) is 75.6 Å². The van der Waals surface area contributed by atoms with Gasteiger partial charge in [0.15, 0.2) is 6.61 Å². The number of benzene rings is 1. The molecule has 1 aromatic rings. The zero-order valence-electron chi connectivity index (χ0n) is 13.6. The van der Waals surface area contributed by atoms with Gasteiger partial charge in [0.05, 0.1) is 0 Å². The number of aliphatic carboxylic acids is 1. The molecule has 1 amide bonds. The number of thioether (sulfide) groups is 1. The van der Waals surface area contributed by atoms with E-state index in [0.717, 1.165) is 11.1 Å². The molecule has 0 saturated carbocycles. The number of carboxylic acid groups (broad SMARTS) is 1. The van der Waals surface area contributed by atoms with Gasteiger partial charge in [0.2, 0.25) is 0 Å². The van der Waals surface area contributed by atoms with Crippen molar-refractivity contribution >= 4 is 23.6 Å². The summed E-state index contributed by atoms with van der Waals surface area (Å²) >= 11 is 1.69. The minimum Gasteiger partial charge on any atom is -0.481 e. The van der Waals surface area contributed by atoms with Crippen LogP contribution >= 0.6 is 11.8 Å². The minimum absolute atomic E-state index is 0.0235. The smallest absolute Gasteiger partial charge is 0.341 e. The molecule has 0 atom stereocenters. The number of carbonyl (C=O) groups is 2. The van der Waals surface area contributed by atoms with Crippen molar-refractivity contribution in [3.63, 3.8) is 0 Å². The van der Waals surface area contributed by atoms with E-state index >= 15 is 0 Å². The summed E-state index contributed by atoms with van der Waals surface area (Å²) < 4.78 is 5.24. The molecule has 1 rings (SSSR count). The maximum absolute atomic E-state index is 12.2. The van der Waals surface area contributed by atoms with E-state index in [1.165, 1.54) is 0 Å². The number of carboxylic acids is 1. The van der Waals surface area contributed by atoms with Crippen LogP contribution in [0.2, 0.25) is 0 Å². The van der Waals surface area contributed by atoms with E-state index in [1.807, 2.05) is 6.26 Å². The molecule has 22 heavy (non-hydrogen) atoms. The van der Waals surface area contributed by atoms with Crippen LogP contribution in [0.25, 0.3) is 0 Å². The van der Waals surface area contributed by atoms with E-state index in [-0.39, 0.29) is 10.7 Å². The molecule has 0 unspecified atom stereocenters. The quantitative estimate of drug-likeness (QED) is 0.806. The van der Waals surface area contributed by atoms with Gasteiger partial charge in [-0.05, 0) is 57.2 Å². The average Bonchev–Trinajstić information content (AvgIpc) is 2.43. The zero-order chi connectivity index (χ0) is 16.9. The van der Waals surface area contributed by atoms with Gasteiger partial charge in [-0.15, -0.1) is 0 Å². The van der Waals surface area contributed by atoms with Crippen LogP contribution in [0.15, 0.2) is 12.1 Å². The summed E-state index contributed by atoms with van der Waals surface area (Å²) in [5.74, 6) is -0.651. The molecule has 0 heterocycles. The molecule has 122 valence electrons. The standard InChI is InChI=1S/C16H23NO4S/c1-10-6-12(15(20)17-9-16(3,4)22-5)7-11(2)14(10)21-8-13(18)19/h6-7H,8-9H2,1-5H3,(H,17,20)(H,18,19). The Balaban J connectivity index is 2.85. The number of aryl methyl sites for hydroxylation is 2. The maximum Gasteiger partial charge on any atom is 0.341 e. The second-order valence-corrected chi connectivity index (χ2v) is 7.28. The molecule has 1 aromatic carbocycles. The SMILES string of the molecule is CSC(C)(C)CNC(=O)c1cc(C)c(OCC(=O)O)c(C)c1. The number of amides is 1. The van der Waals surface area contributed by atoms with Gasteiger partial charge in [0.1, 0.15) is 5.75 Å². The molecule has 0 fully saturated rings. The Hall–Kier alpha value is -1.69. The van der Waals surface area contributed by atoms with Crippen LogP contribution in [0.4, 0.5) is 0 Å². The highest BCUT2D eigenvalue weighted by Crippen LogP contribution is 2.25. The van der Waals surface area contributed by atoms with Crippen LogP contribution in [0.1, 0.15) is 35.3 Å². The van der Waals surface area contributed by atoms with E-state index in [4.69, 9.17) is 9.84 Å². The second-order valence-electron chi connectivity index (χ2n) is 5.77. The predicted octanol–water partition coefficient (Wildman–Crippen LogP) is 2.64. The molecule has 0 spiro atoms. The summed E-state index contributed by atoms with van der Waals surface area (Å²) in [7, 11) is 0. The highest BCUT2D eigenvalue weighted by atomic mass is 32.2. The van der Waals surface area contributed by atoms with Crippen molar-refractivity contribution in [2.45, 2.75) is 32.4 Å². The molecule has 6 heteroatoms. The lowest BCUT2D eigenvalue weighted by atomic mass is 10.0. The fourth-order valence-electron chi connectivity index (χ4n) is 1.91. The summed E-state index contributed by atoms with van der Waals surface area (Å²) in [6.07, 6.45) is 2.01. The lowest BCUT2D eigenvalue weighted by Gasteiger charge is -2.22. The van der Waals surface area contributed by atoms with Crippen molar-refractivity contribution in [2.24, 2.45) is 0 Å². The first kappa shape index (κ1) is 18.4. The number of hydrogen-bond donors (Lipinski definition) is 2. The minimum atomic E-state index is -1.03. The van der Waals surface area contributed by atoms with Gasteiger partial charge in [-0.2, -0.15) is 11.8 Å². The number of nitrogens with one attached hydrogen (secondary N) is 1. The third-order valence-corrected chi connectivity index (χ3v) is 4.54. The Morgan fingerprint density at radius 3 is 2.27 bits per heavy atom. The predicted molar refractivity (Wildman–Crippen MR) is 89.0 cm³/mol. The molecule has 0 saturated heterocycles. The highest BCUT2D eigenvalue weighted by Gasteiger charge is 2.18. The van der Waals surface area contributed by atoms with Gasteiger partial charge < -0.3 is 15.2 Å². The summed E-state index contributed by atoms with van der Waals surface area (Å²) in [6, 6.07) is 3.43. The molecular formula is C16H23NO4S. The molecule has 0 aliphatic rings. The number of rotatable bonds is 7. The van der Waals surface area contributed by atoms with Gasteiger partial charge in [-0.3, -0.25) is 4.79 Å². The van der Waals surface area contributed by atoms with Gasteiger partial charge in [0, 0.05) is 16.9 Å². The monoisotopic (exact) mass is 325 g/mol. The molecule has 0 bridgehead atoms. The Labute approximate surface area is 135 Å². The van der Waals surface area contributed by atoms with E-state index in [0.29, 0.717) is 17.9 Å². The number of carbonyl (C=O) groups excluding carboxylic acids is 1. The zero-order valence-corrected chi connectivity index (χ0v) is 14.5. The van der Waals surface area contributed by atoms with Crippen molar-refractivity contribution in [3.8, 4) is 5.75 Å². The fraction of sp³-hybridized carbons (Fsp3) is 0.500. The van der Waals surface area contributed by atoms with Crippen molar-refractivity contribution in [3.05, 3.63) is 28.8 Å². The van der Waals surface area contributed by atoms with E-state index in [9.17, 15) is 9.59 Å². The third kappa shape index (κ3) is 5.26. The first-order chi connectivity index (χ1) is 10.2. The molecule has 0 aromatic heterocycles. The second kappa shape index (κ2) is 7.54. The van der Waals surface area contributed by atoms with Gasteiger partial charge in [-0.1, -0.05) is 0 Å². The number of ether oxygens (including phenoxy) is 1. The Kier molecular flexibility index (Phi) is 6.29. The molecule has 0 aliphatic heterocycles. The van der Waals surface area contributed by atoms with Gasteiger partial charge in [-0.25, -0.2) is 4.79 Å². The van der Waals surface area contributed by atoms with Crippen LogP contribution in [-0.2, 0) is 4.79 Å². The Morgan fingerprint density at radius 2 is 1.82 bits per heavy atom. The molecular weight excluding hydrogens is 302 g/mol. The lowest BCUT2D eigenvalue weighted by molar-refractivity contribution is -0.139. The normalized spacial score (nSPS) is 11.1. The third-order valence-electron chi connectivity index (χ3n) is 3.29. The van der Waals surface area contributed by atoms with E-state index < -0.39 is 12.6 Å². The van der Waals surface area contributed by atoms with Crippen LogP contribution in [0.5, 0.6) is 5.75 Å². The summed E-state index contributed by atoms with van der Waals surface area (Å²) in [6.45, 7) is 7.91. The van der Waals surface area contributed by atoms with Crippen LogP contribution in [0, 0.1) is 13.8 Å². The van der Waals surface area contributed by atoms with Crippen molar-refractivity contribution in [1.29, 1.82) is 0 Å². The van der Waals surface area contributed by atoms with E-state index in [2.05, 4.69) is 19.2 Å².